The van der Waals surface area contributed by atoms with Crippen LogP contribution in [-0.2, 0) is 4.74 Å². The van der Waals surface area contributed by atoms with E-state index >= 15 is 0 Å². The molecule has 0 aliphatic heterocycles. The topological polar surface area (TPSA) is 127 Å². The molecule has 12 nitrogen and oxygen atoms in total. The second-order valence-electron chi connectivity index (χ2n) is 6.74. The molecular weight excluding hydrogens is 471 g/mol. The Morgan fingerprint density at radius 1 is 1.18 bits per heavy atom. The second-order valence-corrected chi connectivity index (χ2v) is 7.53. The standard InChI is InChI=1S/C19H20Cl2N10O2/c1-3-29(6-7-33-2)16-14(10-25-30-11-15(21)28-18(16)30)27-19(32)26-12-8-13(20)17(22-9-12)31-23-4-5-24-31/h4-5,8-11H,3,6-7H2,1-2H3,(H2,26,27,32). The van der Waals surface area contributed by atoms with Gasteiger partial charge in [0.1, 0.15) is 10.8 Å². The minimum absolute atomic E-state index is 0.275. The highest BCUT2D eigenvalue weighted by molar-refractivity contribution is 6.32. The van der Waals surface area contributed by atoms with Crippen LogP contribution in [0, 0.1) is 0 Å². The van der Waals surface area contributed by atoms with E-state index in [4.69, 9.17) is 27.9 Å². The van der Waals surface area contributed by atoms with Gasteiger partial charge >= 0.3 is 6.03 Å². The zero-order valence-corrected chi connectivity index (χ0v) is 19.2. The van der Waals surface area contributed by atoms with Gasteiger partial charge in [-0.3, -0.25) is 0 Å². The summed E-state index contributed by atoms with van der Waals surface area (Å²) in [6, 6.07) is 1.05. The molecule has 0 aliphatic carbocycles. The van der Waals surface area contributed by atoms with Crippen LogP contribution in [0.2, 0.25) is 10.2 Å². The van der Waals surface area contributed by atoms with Crippen LogP contribution < -0.4 is 15.5 Å². The Kier molecular flexibility index (Phi) is 6.87. The number of ether oxygens (including phenoxy) is 1. The fourth-order valence-electron chi connectivity index (χ4n) is 3.18. The molecule has 0 aromatic carbocycles. The molecule has 0 fully saturated rings. The summed E-state index contributed by atoms with van der Waals surface area (Å²) in [5.41, 5.74) is 2.02. The fraction of sp³-hybridized carbons (Fsp3) is 0.263. The van der Waals surface area contributed by atoms with Gasteiger partial charge in [0.05, 0.1) is 54.0 Å². The van der Waals surface area contributed by atoms with Gasteiger partial charge in [-0.1, -0.05) is 23.2 Å². The number of aromatic nitrogens is 7. The van der Waals surface area contributed by atoms with Crippen LogP contribution in [0.1, 0.15) is 6.92 Å². The first kappa shape index (κ1) is 22.7. The number of imidazole rings is 1. The van der Waals surface area contributed by atoms with E-state index in [1.54, 1.807) is 23.9 Å². The minimum Gasteiger partial charge on any atom is -0.383 e. The van der Waals surface area contributed by atoms with Crippen molar-refractivity contribution in [3.8, 4) is 5.82 Å². The summed E-state index contributed by atoms with van der Waals surface area (Å²) in [6.07, 6.45) is 7.61. The zero-order chi connectivity index (χ0) is 23.4. The summed E-state index contributed by atoms with van der Waals surface area (Å²) in [7, 11) is 1.63. The molecule has 0 unspecified atom stereocenters. The number of urea groups is 1. The Morgan fingerprint density at radius 3 is 2.67 bits per heavy atom. The maximum absolute atomic E-state index is 12.8. The molecule has 172 valence electrons. The monoisotopic (exact) mass is 490 g/mol. The Labute approximate surface area is 198 Å². The molecule has 14 heteroatoms. The van der Waals surface area contributed by atoms with Crippen molar-refractivity contribution in [2.24, 2.45) is 0 Å². The third-order valence-corrected chi connectivity index (χ3v) is 5.10. The van der Waals surface area contributed by atoms with Gasteiger partial charge < -0.3 is 20.3 Å². The molecule has 2 amide bonds. The molecule has 2 N–H and O–H groups in total. The predicted octanol–water partition coefficient (Wildman–Crippen LogP) is 3.13. The molecule has 33 heavy (non-hydrogen) atoms. The van der Waals surface area contributed by atoms with E-state index in [1.807, 2.05) is 11.8 Å². The average Bonchev–Trinajstić information content (AvgIpc) is 3.44. The Balaban J connectivity index is 1.58. The smallest absolute Gasteiger partial charge is 0.323 e. The lowest BCUT2D eigenvalue weighted by Crippen LogP contribution is -2.30. The summed E-state index contributed by atoms with van der Waals surface area (Å²) in [5, 5.41) is 18.4. The summed E-state index contributed by atoms with van der Waals surface area (Å²) < 4.78 is 6.78. The largest absolute Gasteiger partial charge is 0.383 e. The van der Waals surface area contributed by atoms with Gasteiger partial charge in [0.25, 0.3) is 0 Å². The fourth-order valence-corrected chi connectivity index (χ4v) is 3.60. The van der Waals surface area contributed by atoms with Crippen LogP contribution >= 0.6 is 23.2 Å². The number of carbonyl (C=O) groups excluding carboxylic acids is 1. The average molecular weight is 491 g/mol. The molecule has 0 spiro atoms. The molecule has 4 aromatic heterocycles. The number of halogens is 2. The van der Waals surface area contributed by atoms with Crippen LogP contribution in [0.3, 0.4) is 0 Å². The van der Waals surface area contributed by atoms with Gasteiger partial charge in [-0.05, 0) is 13.0 Å². The first-order chi connectivity index (χ1) is 16.0. The SMILES string of the molecule is CCN(CCOC)c1c(NC(=O)Nc2cnc(-n3nccn3)c(Cl)c2)cnn2cc(Cl)nc12. The van der Waals surface area contributed by atoms with Gasteiger partial charge in [0, 0.05) is 20.2 Å². The molecule has 0 bridgehead atoms. The van der Waals surface area contributed by atoms with Gasteiger partial charge in [-0.15, -0.1) is 4.80 Å². The molecule has 4 heterocycles. The van der Waals surface area contributed by atoms with Crippen molar-refractivity contribution >= 4 is 51.9 Å². The lowest BCUT2D eigenvalue weighted by molar-refractivity contribution is 0.205. The van der Waals surface area contributed by atoms with Crippen molar-refractivity contribution in [2.45, 2.75) is 6.92 Å². The lowest BCUT2D eigenvalue weighted by atomic mass is 10.3. The molecule has 0 saturated carbocycles. The van der Waals surface area contributed by atoms with Crippen LogP contribution in [0.25, 0.3) is 11.5 Å². The van der Waals surface area contributed by atoms with Crippen LogP contribution in [0.5, 0.6) is 0 Å². The van der Waals surface area contributed by atoms with E-state index in [2.05, 4.69) is 35.9 Å². The summed E-state index contributed by atoms with van der Waals surface area (Å²) in [4.78, 5) is 24.7. The van der Waals surface area contributed by atoms with E-state index in [9.17, 15) is 4.79 Å². The second kappa shape index (κ2) is 9.98. The first-order valence-electron chi connectivity index (χ1n) is 9.88. The first-order valence-corrected chi connectivity index (χ1v) is 10.6. The molecule has 0 atom stereocenters. The lowest BCUT2D eigenvalue weighted by Gasteiger charge is -2.25. The number of hydrogen-bond donors (Lipinski definition) is 2. The van der Waals surface area contributed by atoms with E-state index < -0.39 is 6.03 Å². The third kappa shape index (κ3) is 4.97. The van der Waals surface area contributed by atoms with E-state index in [0.717, 1.165) is 0 Å². The van der Waals surface area contributed by atoms with Gasteiger partial charge in [-0.25, -0.2) is 19.3 Å². The number of rotatable bonds is 8. The molecule has 0 aliphatic rings. The van der Waals surface area contributed by atoms with Crippen molar-refractivity contribution in [3.05, 3.63) is 47.2 Å². The number of nitrogens with one attached hydrogen (secondary N) is 2. The minimum atomic E-state index is -0.509. The predicted molar refractivity (Wildman–Crippen MR) is 125 cm³/mol. The number of amides is 2. The normalized spacial score (nSPS) is 11.0. The van der Waals surface area contributed by atoms with Crippen molar-refractivity contribution < 1.29 is 9.53 Å². The number of pyridine rings is 1. The molecular formula is C19H20Cl2N10O2. The van der Waals surface area contributed by atoms with Crippen molar-refractivity contribution in [1.29, 1.82) is 0 Å². The van der Waals surface area contributed by atoms with E-state index in [1.165, 1.54) is 29.6 Å². The highest BCUT2D eigenvalue weighted by atomic mass is 35.5. The molecule has 4 aromatic rings. The molecule has 4 rings (SSSR count). The summed E-state index contributed by atoms with van der Waals surface area (Å²) >= 11 is 12.4. The van der Waals surface area contributed by atoms with Crippen LogP contribution in [0.4, 0.5) is 21.9 Å². The molecule has 0 saturated heterocycles. The number of hydrogen-bond acceptors (Lipinski definition) is 8. The maximum Gasteiger partial charge on any atom is 0.323 e. The maximum atomic E-state index is 12.8. The summed E-state index contributed by atoms with van der Waals surface area (Å²) in [5.74, 6) is 0.345. The van der Waals surface area contributed by atoms with E-state index in [0.29, 0.717) is 53.4 Å². The van der Waals surface area contributed by atoms with Crippen molar-refractivity contribution in [1.82, 2.24) is 34.6 Å². The zero-order valence-electron chi connectivity index (χ0n) is 17.7. The Morgan fingerprint density at radius 2 is 1.97 bits per heavy atom. The number of anilines is 3. The molecule has 0 radical (unpaired) electrons. The Bertz CT molecular complexity index is 1260. The van der Waals surface area contributed by atoms with Crippen LogP contribution in [-0.4, -0.2) is 67.4 Å². The highest BCUT2D eigenvalue weighted by Gasteiger charge is 2.19. The quantitative estimate of drug-likeness (QED) is 0.385. The number of nitrogens with zero attached hydrogens (tertiary/aromatic N) is 8. The number of methoxy groups -OCH3 is 1. The van der Waals surface area contributed by atoms with Gasteiger partial charge in [0.15, 0.2) is 11.5 Å². The third-order valence-electron chi connectivity index (χ3n) is 4.64. The van der Waals surface area contributed by atoms with E-state index in [-0.39, 0.29) is 5.02 Å². The van der Waals surface area contributed by atoms with Gasteiger partial charge in [-0.2, -0.15) is 15.3 Å². The number of carbonyl (C=O) groups is 1. The Hall–Kier alpha value is -3.48. The van der Waals surface area contributed by atoms with Gasteiger partial charge in [0.2, 0.25) is 0 Å². The van der Waals surface area contributed by atoms with Crippen LogP contribution in [0.15, 0.2) is 37.1 Å². The van der Waals surface area contributed by atoms with Crippen molar-refractivity contribution in [2.75, 3.05) is 42.3 Å². The number of fused-ring (bicyclic) bond motifs is 1. The van der Waals surface area contributed by atoms with Crippen molar-refractivity contribution in [3.63, 3.8) is 0 Å². The highest BCUT2D eigenvalue weighted by Crippen LogP contribution is 2.31. The number of likely N-dealkylation sites (N-methyl/N-ethyl adjacent to an activating group) is 1. The summed E-state index contributed by atoms with van der Waals surface area (Å²) in [6.45, 7) is 3.71.